The fourth-order valence-electron chi connectivity index (χ4n) is 0.675. The molecule has 1 radical (unpaired) electrons. The van der Waals surface area contributed by atoms with E-state index >= 15 is 0 Å². The first-order chi connectivity index (χ1) is 4.75. The zero-order valence-corrected chi connectivity index (χ0v) is 6.24. The average Bonchev–Trinajstić information content (AvgIpc) is 1.95. The average molecular weight is 151 g/mol. The Kier molecular flexibility index (Phi) is 1.94. The van der Waals surface area contributed by atoms with Crippen molar-refractivity contribution in [3.8, 4) is 6.07 Å². The van der Waals surface area contributed by atoms with E-state index in [1.165, 1.54) is 0 Å². The predicted octanol–water partition coefficient (Wildman–Crippen LogP) is 2.32. The summed E-state index contributed by atoms with van der Waals surface area (Å²) in [7, 11) is 0. The summed E-state index contributed by atoms with van der Waals surface area (Å²) in [6.07, 6.45) is 0. The second kappa shape index (κ2) is 2.72. The maximum atomic E-state index is 8.49. The Morgan fingerprint density at radius 1 is 1.70 bits per heavy atom. The fourth-order valence-corrected chi connectivity index (χ4v) is 0.835. The number of hydrogen-bond donors (Lipinski definition) is 0. The molecule has 0 heterocycles. The maximum absolute atomic E-state index is 8.49. The Bertz CT molecular complexity index is 286. The lowest BCUT2D eigenvalue weighted by Crippen LogP contribution is -1.79. The smallest absolute Gasteiger partial charge is 0.101 e. The van der Waals surface area contributed by atoms with E-state index in [4.69, 9.17) is 16.9 Å². The standard InChI is InChI=1S/C8H5ClN/c1-6-3-2-4-7(5-10)8(6)9/h2,4H,1H3. The van der Waals surface area contributed by atoms with Crippen LogP contribution in [0, 0.1) is 24.3 Å². The van der Waals surface area contributed by atoms with Crippen molar-refractivity contribution in [2.75, 3.05) is 0 Å². The Labute approximate surface area is 64.9 Å². The minimum Gasteiger partial charge on any atom is -0.192 e. The molecule has 49 valence electrons. The lowest BCUT2D eigenvalue weighted by molar-refractivity contribution is 1.41. The molecule has 0 atom stereocenters. The molecule has 0 aromatic heterocycles. The quantitative estimate of drug-likeness (QED) is 0.557. The molecular weight excluding hydrogens is 146 g/mol. The van der Waals surface area contributed by atoms with Gasteiger partial charge in [-0.05, 0) is 24.6 Å². The molecule has 1 aromatic carbocycles. The van der Waals surface area contributed by atoms with Crippen LogP contribution in [0.5, 0.6) is 0 Å². The van der Waals surface area contributed by atoms with Gasteiger partial charge in [0, 0.05) is 0 Å². The zero-order valence-electron chi connectivity index (χ0n) is 5.48. The van der Waals surface area contributed by atoms with Crippen molar-refractivity contribution >= 4 is 11.6 Å². The molecule has 0 unspecified atom stereocenters. The number of halogens is 1. The van der Waals surface area contributed by atoms with Crippen LogP contribution < -0.4 is 0 Å². The third-order valence-electron chi connectivity index (χ3n) is 1.24. The van der Waals surface area contributed by atoms with E-state index in [-0.39, 0.29) is 0 Å². The maximum Gasteiger partial charge on any atom is 0.101 e. The van der Waals surface area contributed by atoms with Crippen LogP contribution in [0.1, 0.15) is 11.1 Å². The molecule has 0 aliphatic carbocycles. The SMILES string of the molecule is Cc1[c]ccc(C#N)c1Cl. The van der Waals surface area contributed by atoms with Gasteiger partial charge in [-0.15, -0.1) is 0 Å². The van der Waals surface area contributed by atoms with E-state index in [9.17, 15) is 0 Å². The summed E-state index contributed by atoms with van der Waals surface area (Å²) in [6, 6.07) is 8.22. The molecule has 1 rings (SSSR count). The van der Waals surface area contributed by atoms with E-state index in [1.807, 2.05) is 13.0 Å². The van der Waals surface area contributed by atoms with Gasteiger partial charge in [0.1, 0.15) is 6.07 Å². The third-order valence-corrected chi connectivity index (χ3v) is 1.72. The molecule has 0 fully saturated rings. The Balaban J connectivity index is 3.31. The summed E-state index contributed by atoms with van der Waals surface area (Å²) in [5.41, 5.74) is 1.33. The molecular formula is C8H5ClN. The van der Waals surface area contributed by atoms with E-state index in [1.54, 1.807) is 12.1 Å². The van der Waals surface area contributed by atoms with Gasteiger partial charge in [-0.3, -0.25) is 0 Å². The second-order valence-electron chi connectivity index (χ2n) is 1.94. The van der Waals surface area contributed by atoms with Crippen molar-refractivity contribution in [2.24, 2.45) is 0 Å². The fraction of sp³-hybridized carbons (Fsp3) is 0.125. The van der Waals surface area contributed by atoms with Crippen LogP contribution in [-0.2, 0) is 0 Å². The summed E-state index contributed by atoms with van der Waals surface area (Å²) in [6.45, 7) is 1.82. The van der Waals surface area contributed by atoms with E-state index < -0.39 is 0 Å². The molecule has 0 saturated heterocycles. The van der Waals surface area contributed by atoms with Gasteiger partial charge < -0.3 is 0 Å². The zero-order chi connectivity index (χ0) is 7.56. The van der Waals surface area contributed by atoms with Crippen LogP contribution in [0.2, 0.25) is 5.02 Å². The van der Waals surface area contributed by atoms with Crippen LogP contribution >= 0.6 is 11.6 Å². The van der Waals surface area contributed by atoms with E-state index in [2.05, 4.69) is 6.07 Å². The first-order valence-electron chi connectivity index (χ1n) is 2.82. The highest BCUT2D eigenvalue weighted by atomic mass is 35.5. The van der Waals surface area contributed by atoms with Crippen molar-refractivity contribution in [3.63, 3.8) is 0 Å². The number of rotatable bonds is 0. The van der Waals surface area contributed by atoms with Crippen LogP contribution in [0.15, 0.2) is 12.1 Å². The van der Waals surface area contributed by atoms with E-state index in [0.29, 0.717) is 10.6 Å². The second-order valence-corrected chi connectivity index (χ2v) is 2.32. The first-order valence-corrected chi connectivity index (χ1v) is 3.20. The molecule has 2 heteroatoms. The molecule has 1 aromatic rings. The molecule has 0 N–H and O–H groups in total. The van der Waals surface area contributed by atoms with E-state index in [0.717, 1.165) is 5.56 Å². The van der Waals surface area contributed by atoms with Crippen molar-refractivity contribution in [1.82, 2.24) is 0 Å². The minimum absolute atomic E-state index is 0.505. The summed E-state index contributed by atoms with van der Waals surface area (Å²) >= 11 is 5.74. The molecule has 0 aliphatic heterocycles. The normalized spacial score (nSPS) is 8.90. The predicted molar refractivity (Wildman–Crippen MR) is 39.7 cm³/mol. The van der Waals surface area contributed by atoms with Gasteiger partial charge in [0.25, 0.3) is 0 Å². The van der Waals surface area contributed by atoms with Gasteiger partial charge in [-0.2, -0.15) is 5.26 Å². The highest BCUT2D eigenvalue weighted by Gasteiger charge is 1.99. The van der Waals surface area contributed by atoms with Crippen molar-refractivity contribution in [2.45, 2.75) is 6.92 Å². The molecule has 0 amide bonds. The molecule has 0 aliphatic rings. The highest BCUT2D eigenvalue weighted by Crippen LogP contribution is 2.18. The molecule has 0 saturated carbocycles. The van der Waals surface area contributed by atoms with Crippen molar-refractivity contribution in [3.05, 3.63) is 34.3 Å². The number of benzene rings is 1. The first kappa shape index (κ1) is 7.11. The van der Waals surface area contributed by atoms with Gasteiger partial charge in [-0.1, -0.05) is 17.7 Å². The highest BCUT2D eigenvalue weighted by molar-refractivity contribution is 6.32. The summed E-state index contributed by atoms with van der Waals surface area (Å²) < 4.78 is 0. The van der Waals surface area contributed by atoms with Crippen molar-refractivity contribution < 1.29 is 0 Å². The van der Waals surface area contributed by atoms with Gasteiger partial charge in [-0.25, -0.2) is 0 Å². The Morgan fingerprint density at radius 2 is 2.40 bits per heavy atom. The molecule has 0 bridgehead atoms. The number of nitriles is 1. The van der Waals surface area contributed by atoms with Crippen LogP contribution in [0.25, 0.3) is 0 Å². The van der Waals surface area contributed by atoms with Gasteiger partial charge in [0.2, 0.25) is 0 Å². The lowest BCUT2D eigenvalue weighted by atomic mass is 10.1. The number of nitrogens with zero attached hydrogens (tertiary/aromatic N) is 1. The van der Waals surface area contributed by atoms with Gasteiger partial charge >= 0.3 is 0 Å². The molecule has 1 nitrogen and oxygen atoms in total. The number of aryl methyl sites for hydroxylation is 1. The van der Waals surface area contributed by atoms with Gasteiger partial charge in [0.05, 0.1) is 10.6 Å². The van der Waals surface area contributed by atoms with Crippen LogP contribution in [-0.4, -0.2) is 0 Å². The topological polar surface area (TPSA) is 23.8 Å². The van der Waals surface area contributed by atoms with Gasteiger partial charge in [0.15, 0.2) is 0 Å². The van der Waals surface area contributed by atoms with Crippen LogP contribution in [0.3, 0.4) is 0 Å². The summed E-state index contributed by atoms with van der Waals surface area (Å²) in [4.78, 5) is 0. The minimum atomic E-state index is 0.505. The number of hydrogen-bond acceptors (Lipinski definition) is 1. The Morgan fingerprint density at radius 3 is 2.90 bits per heavy atom. The lowest BCUT2D eigenvalue weighted by Gasteiger charge is -1.95. The Hall–Kier alpha value is -1.00. The molecule has 0 spiro atoms. The monoisotopic (exact) mass is 150 g/mol. The van der Waals surface area contributed by atoms with Crippen LogP contribution in [0.4, 0.5) is 0 Å². The summed E-state index contributed by atoms with van der Waals surface area (Å²) in [5, 5.41) is 9.00. The third kappa shape index (κ3) is 1.12. The summed E-state index contributed by atoms with van der Waals surface area (Å²) in [5.74, 6) is 0. The molecule has 10 heavy (non-hydrogen) atoms. The van der Waals surface area contributed by atoms with Crippen molar-refractivity contribution in [1.29, 1.82) is 5.26 Å². The largest absolute Gasteiger partial charge is 0.192 e.